The summed E-state index contributed by atoms with van der Waals surface area (Å²) in [5.41, 5.74) is 3.69. The number of pyridine rings is 2. The number of hydrogen-bond acceptors (Lipinski definition) is 7. The van der Waals surface area contributed by atoms with Gasteiger partial charge in [0, 0.05) is 0 Å². The second-order valence-electron chi connectivity index (χ2n) is 9.27. The van der Waals surface area contributed by atoms with Crippen LogP contribution in [0, 0.1) is 13.8 Å². The van der Waals surface area contributed by atoms with E-state index in [9.17, 15) is 0 Å². The molecule has 6 rings (SSSR count). The summed E-state index contributed by atoms with van der Waals surface area (Å²) in [6, 6.07) is 36.3. The zero-order valence-electron chi connectivity index (χ0n) is 22.5. The van der Waals surface area contributed by atoms with E-state index in [1.807, 2.05) is 86.6 Å². The molecule has 0 aliphatic rings. The Morgan fingerprint density at radius 3 is 1.37 bits per heavy atom. The van der Waals surface area contributed by atoms with Gasteiger partial charge in [0.25, 0.3) is 0 Å². The molecule has 0 unspecified atom stereocenters. The van der Waals surface area contributed by atoms with Gasteiger partial charge >= 0.3 is 261 Å². The van der Waals surface area contributed by atoms with Crippen LogP contribution in [0.15, 0.2) is 119 Å². The van der Waals surface area contributed by atoms with Crippen molar-refractivity contribution in [3.05, 3.63) is 121 Å². The molecular weight excluding hydrogens is 648 g/mol. The molecule has 0 fully saturated rings. The quantitative estimate of drug-likeness (QED) is 0.140. The fourth-order valence-corrected chi connectivity index (χ4v) is 7.57. The van der Waals surface area contributed by atoms with E-state index in [1.165, 1.54) is 0 Å². The molecule has 0 aliphatic carbocycles. The first kappa shape index (κ1) is 27.7. The van der Waals surface area contributed by atoms with Crippen LogP contribution < -0.4 is 14.1 Å². The maximum atomic E-state index is 6.04. The Morgan fingerprint density at radius 2 is 0.927 bits per heavy atom. The number of nitrogens with zero attached hydrogens (tertiary/aromatic N) is 2. The van der Waals surface area contributed by atoms with Gasteiger partial charge in [0.2, 0.25) is 0 Å². The molecule has 6 nitrogen and oxygen atoms in total. The first-order chi connectivity index (χ1) is 20.1. The van der Waals surface area contributed by atoms with E-state index >= 15 is 0 Å². The fourth-order valence-electron chi connectivity index (χ4n) is 4.20. The van der Waals surface area contributed by atoms with Gasteiger partial charge in [0.1, 0.15) is 0 Å². The van der Waals surface area contributed by atoms with Crippen molar-refractivity contribution in [2.24, 2.45) is 0 Å². The number of rotatable bonds is 10. The Hall–Kier alpha value is -3.48. The van der Waals surface area contributed by atoms with Crippen LogP contribution in [0.2, 0.25) is 0 Å². The minimum atomic E-state index is -1.44. The molecule has 0 bridgehead atoms. The molecule has 0 amide bonds. The molecule has 0 saturated heterocycles. The van der Waals surface area contributed by atoms with Crippen LogP contribution >= 0.6 is 11.8 Å². The Morgan fingerprint density at radius 1 is 0.488 bits per heavy atom. The predicted octanol–water partition coefficient (Wildman–Crippen LogP) is 7.54. The first-order valence-electron chi connectivity index (χ1n) is 13.0. The van der Waals surface area contributed by atoms with E-state index in [2.05, 4.69) is 46.4 Å². The average molecular weight is 672 g/mol. The van der Waals surface area contributed by atoms with Crippen molar-refractivity contribution in [3.63, 3.8) is 0 Å². The summed E-state index contributed by atoms with van der Waals surface area (Å²) in [6.45, 7) is 3.97. The number of aromatic nitrogens is 2. The Bertz CT molecular complexity index is 1670. The van der Waals surface area contributed by atoms with Gasteiger partial charge in [0.05, 0.1) is 0 Å². The van der Waals surface area contributed by atoms with Crippen molar-refractivity contribution < 1.29 is 14.1 Å². The summed E-state index contributed by atoms with van der Waals surface area (Å²) < 4.78 is 24.0. The van der Waals surface area contributed by atoms with E-state index in [4.69, 9.17) is 14.1 Å². The zero-order chi connectivity index (χ0) is 28.0. The molecule has 198 valence electrons. The summed E-state index contributed by atoms with van der Waals surface area (Å²) in [7, 11) is 0. The van der Waals surface area contributed by atoms with E-state index in [1.54, 1.807) is 11.8 Å². The van der Waals surface area contributed by atoms with Crippen LogP contribution in [0.3, 0.4) is 0 Å². The van der Waals surface area contributed by atoms with E-state index in [0.717, 1.165) is 66.0 Å². The van der Waals surface area contributed by atoms with Gasteiger partial charge in [-0.05, 0) is 0 Å². The third-order valence-electron chi connectivity index (χ3n) is 6.25. The molecule has 6 aromatic rings. The molecule has 2 radical (unpaired) electrons. The van der Waals surface area contributed by atoms with Gasteiger partial charge in [-0.3, -0.25) is 0 Å². The summed E-state index contributed by atoms with van der Waals surface area (Å²) in [5, 5.41) is 2.13. The zero-order valence-corrected chi connectivity index (χ0v) is 28.1. The number of aryl methyl sites for hydroxylation is 2. The monoisotopic (exact) mass is 670 g/mol. The molecule has 4 aromatic carbocycles. The van der Waals surface area contributed by atoms with Gasteiger partial charge in [0.15, 0.2) is 0 Å². The molecule has 9 heteroatoms. The molecule has 2 heterocycles. The van der Waals surface area contributed by atoms with Crippen LogP contribution in [-0.4, -0.2) is 46.2 Å². The number of fused-ring (bicyclic) bond motifs is 2. The van der Waals surface area contributed by atoms with Crippen LogP contribution in [0.5, 0.6) is 23.0 Å². The van der Waals surface area contributed by atoms with Gasteiger partial charge < -0.3 is 0 Å². The van der Waals surface area contributed by atoms with Gasteiger partial charge in [-0.25, -0.2) is 0 Å². The van der Waals surface area contributed by atoms with Crippen LogP contribution in [0.1, 0.15) is 11.4 Å². The standard InChI is InChI=1S/C12H10O2S.2C10H9NO.2Ga/c13-9-1-5-11(6-2-9)15-12-7-3-10(14)4-8-12;2*1-7-5-6-8-3-2-4-9(12)10(8)11-7;;/h1-8,13-14H;2*2-6,12H,1H3;;/q;;;2*+2/p-4. The summed E-state index contributed by atoms with van der Waals surface area (Å²) in [4.78, 5) is 11.5. The van der Waals surface area contributed by atoms with Crippen LogP contribution in [0.4, 0.5) is 0 Å². The van der Waals surface area contributed by atoms with E-state index in [0.29, 0.717) is 0 Å². The van der Waals surface area contributed by atoms with Gasteiger partial charge in [-0.15, -0.1) is 0 Å². The van der Waals surface area contributed by atoms with Crippen molar-refractivity contribution >= 4 is 69.8 Å². The van der Waals surface area contributed by atoms with Crippen molar-refractivity contribution in [1.29, 1.82) is 0 Å². The molecule has 2 aromatic heterocycles. The van der Waals surface area contributed by atoms with Crippen molar-refractivity contribution in [2.45, 2.75) is 23.6 Å². The Labute approximate surface area is 259 Å². The Kier molecular flexibility index (Phi) is 8.78. The molecule has 0 saturated carbocycles. The third kappa shape index (κ3) is 7.06. The molecular formula is C32H24Ga2N2O4S. The van der Waals surface area contributed by atoms with Crippen LogP contribution in [-0.2, 0) is 0 Å². The number of para-hydroxylation sites is 2. The maximum absolute atomic E-state index is 6.04. The van der Waals surface area contributed by atoms with Crippen molar-refractivity contribution in [3.8, 4) is 23.0 Å². The topological polar surface area (TPSA) is 62.7 Å². The summed E-state index contributed by atoms with van der Waals surface area (Å²) in [6.07, 6.45) is 0. The molecule has 41 heavy (non-hydrogen) atoms. The number of benzene rings is 4. The number of hydrogen-bond donors (Lipinski definition) is 0. The van der Waals surface area contributed by atoms with Gasteiger partial charge in [-0.2, -0.15) is 0 Å². The van der Waals surface area contributed by atoms with E-state index < -0.39 is 36.3 Å². The van der Waals surface area contributed by atoms with Crippen LogP contribution in [0.25, 0.3) is 21.8 Å². The first-order valence-corrected chi connectivity index (χ1v) is 17.8. The molecule has 0 spiro atoms. The van der Waals surface area contributed by atoms with Gasteiger partial charge in [-0.1, -0.05) is 0 Å². The fraction of sp³-hybridized carbons (Fsp3) is 0.0625. The predicted molar refractivity (Wildman–Crippen MR) is 164 cm³/mol. The third-order valence-corrected chi connectivity index (χ3v) is 10.3. The molecule has 0 aliphatic heterocycles. The second-order valence-corrected chi connectivity index (χ2v) is 13.2. The summed E-state index contributed by atoms with van der Waals surface area (Å²) in [5.74, 6) is 3.18. The average Bonchev–Trinajstić information content (AvgIpc) is 2.99. The molecule has 0 N–H and O–H groups in total. The van der Waals surface area contributed by atoms with Crippen molar-refractivity contribution in [2.75, 3.05) is 0 Å². The Balaban J connectivity index is 0.988. The SMILES string of the molecule is Cc1ccc2cccc([O][Ga][O]c3ccc(Sc4ccc([O][Ga][O]c5cccc6ccc(C)nc56)cc4)cc3)c2n1. The molecule has 0 atom stereocenters. The normalized spacial score (nSPS) is 10.8. The van der Waals surface area contributed by atoms with Crippen molar-refractivity contribution in [1.82, 2.24) is 9.97 Å². The minimum absolute atomic E-state index is 0.779. The second kappa shape index (κ2) is 13.0. The summed E-state index contributed by atoms with van der Waals surface area (Å²) >= 11 is -1.19. The van der Waals surface area contributed by atoms with E-state index in [-0.39, 0.29) is 0 Å².